The number of unbranched alkanes of at least 4 members (excludes halogenated alkanes) is 1. The molecule has 0 saturated heterocycles. The van der Waals surface area contributed by atoms with Crippen LogP contribution < -0.4 is 21.8 Å². The zero-order valence-corrected chi connectivity index (χ0v) is 30.1. The molecule has 2 unspecified atom stereocenters. The van der Waals surface area contributed by atoms with Crippen LogP contribution >= 0.6 is 0 Å². The third kappa shape index (κ3) is 6.63. The summed E-state index contributed by atoms with van der Waals surface area (Å²) >= 11 is 0. The number of primary amides is 1. The summed E-state index contributed by atoms with van der Waals surface area (Å²) in [6.07, 6.45) is 0.241. The number of anilines is 2. The Hall–Kier alpha value is -5.62. The number of phenols is 1. The van der Waals surface area contributed by atoms with Crippen LogP contribution in [0.2, 0.25) is 0 Å². The molecule has 1 heterocycles. The van der Waals surface area contributed by atoms with Crippen LogP contribution in [0.4, 0.5) is 16.2 Å². The minimum Gasteiger partial charge on any atom is -0.508 e. The predicted molar refractivity (Wildman–Crippen MR) is 186 cm³/mol. The zero-order valence-electron chi connectivity index (χ0n) is 30.1. The Bertz CT molecular complexity index is 2010. The third-order valence-electron chi connectivity index (χ3n) is 9.99. The van der Waals surface area contributed by atoms with E-state index in [-0.39, 0.29) is 47.7 Å². The molecule has 286 valence electrons. The number of nitrogens with zero attached hydrogens (tertiary/aromatic N) is 3. The zero-order chi connectivity index (χ0) is 39.3. The number of aliphatic hydroxyl groups is 3. The van der Waals surface area contributed by atoms with E-state index in [1.54, 1.807) is 19.0 Å². The largest absolute Gasteiger partial charge is 0.519 e. The molecular weight excluding hydrogens is 698 g/mol. The highest BCUT2D eigenvalue weighted by atomic mass is 16.6. The number of hydrogen-bond acceptors (Lipinski definition) is 15. The van der Waals surface area contributed by atoms with Crippen LogP contribution in [0.5, 0.6) is 5.75 Å². The first kappa shape index (κ1) is 38.6. The lowest BCUT2D eigenvalue weighted by Gasteiger charge is -2.50. The summed E-state index contributed by atoms with van der Waals surface area (Å²) in [7, 11) is 6.39. The number of amides is 3. The minimum atomic E-state index is -2.81. The molecule has 3 aliphatic rings. The summed E-state index contributed by atoms with van der Waals surface area (Å²) < 4.78 is 14.9. The molecule has 0 radical (unpaired) electrons. The van der Waals surface area contributed by atoms with Gasteiger partial charge >= 0.3 is 11.9 Å². The number of aliphatic hydroxyl groups excluding tert-OH is 2. The summed E-state index contributed by atoms with van der Waals surface area (Å²) in [5.74, 6) is -9.55. The number of nitrogens with one attached hydrogen (secondary N) is 1. The van der Waals surface area contributed by atoms with Crippen LogP contribution in [0.25, 0.3) is 5.76 Å². The van der Waals surface area contributed by atoms with Crippen LogP contribution in [0, 0.1) is 18.8 Å². The van der Waals surface area contributed by atoms with Gasteiger partial charge in [-0.3, -0.25) is 29.0 Å². The van der Waals surface area contributed by atoms with Crippen molar-refractivity contribution in [2.24, 2.45) is 17.6 Å². The Balaban J connectivity index is 1.50. The molecule has 1 saturated carbocycles. The lowest BCUT2D eigenvalue weighted by Crippen LogP contribution is -2.65. The van der Waals surface area contributed by atoms with Gasteiger partial charge in [0.2, 0.25) is 11.7 Å². The lowest BCUT2D eigenvalue weighted by atomic mass is 9.57. The number of aromatic hydroxyl groups is 1. The van der Waals surface area contributed by atoms with Crippen LogP contribution in [-0.2, 0) is 36.9 Å². The van der Waals surface area contributed by atoms with E-state index >= 15 is 0 Å². The maximum Gasteiger partial charge on any atom is 0.519 e. The van der Waals surface area contributed by atoms with Gasteiger partial charge in [0.1, 0.15) is 29.4 Å². The van der Waals surface area contributed by atoms with Gasteiger partial charge in [-0.1, -0.05) is 13.3 Å². The fourth-order valence-electron chi connectivity index (χ4n) is 7.46. The Morgan fingerprint density at radius 3 is 2.34 bits per heavy atom. The maximum absolute atomic E-state index is 14.2. The molecule has 18 heteroatoms. The summed E-state index contributed by atoms with van der Waals surface area (Å²) in [6.45, 7) is 2.51. The maximum atomic E-state index is 14.2. The molecule has 1 fully saturated rings. The first-order valence-electron chi connectivity index (χ1n) is 16.9. The molecule has 5 rings (SSSR count). The number of Topliss-reactive ketones (excluding diaryl/α,β-unsaturated/α-hetero) is 2. The predicted octanol–water partition coefficient (Wildman–Crippen LogP) is 1.26. The number of carbonyl (C=O) groups excluding carboxylic acids is 5. The Kier molecular flexibility index (Phi) is 10.5. The van der Waals surface area contributed by atoms with Crippen molar-refractivity contribution in [3.05, 3.63) is 56.2 Å². The monoisotopic (exact) mass is 741 g/mol. The number of carbonyl (C=O) groups is 5. The van der Waals surface area contributed by atoms with Crippen molar-refractivity contribution in [3.63, 3.8) is 0 Å². The highest BCUT2D eigenvalue weighted by Crippen LogP contribution is 2.54. The van der Waals surface area contributed by atoms with Gasteiger partial charge in [-0.05, 0) is 57.8 Å². The first-order valence-corrected chi connectivity index (χ1v) is 16.9. The van der Waals surface area contributed by atoms with Crippen molar-refractivity contribution in [1.29, 1.82) is 0 Å². The van der Waals surface area contributed by atoms with Gasteiger partial charge in [0.05, 0.1) is 17.3 Å². The standard InChI is InChI=1S/C35H43N5O13/c1-7-8-9-40(33(48)51-14-21-15(2)52-34(49)53-21)13-22(41)37-19-12-20(38(3)4)17-10-16-11-18-26(39(5)6)29(44)25(32(36)47)31(46)35(18,50)30(45)23(16)28(43)24(17)27(19)42/h12,16,18,26,42-43,46,50H,7-11,13-14H2,1-6H3,(H2,36,47)(H,37,41)/t16?,18?,26-,35-/m0/s1. The van der Waals surface area contributed by atoms with E-state index in [0.29, 0.717) is 24.1 Å². The normalized spacial score (nSPS) is 22.3. The number of hydrogen-bond donors (Lipinski definition) is 6. The number of nitrogens with two attached hydrogens (primary N) is 1. The van der Waals surface area contributed by atoms with Gasteiger partial charge < -0.3 is 49.9 Å². The van der Waals surface area contributed by atoms with Gasteiger partial charge in [0.15, 0.2) is 29.5 Å². The second-order valence-electron chi connectivity index (χ2n) is 13.8. The molecule has 0 aliphatic heterocycles. The molecule has 2 aromatic rings. The SMILES string of the molecule is CCCCN(CC(=O)Nc1cc(N(C)C)c2c(c1O)C(O)=C1C(=O)[C@]3(O)C(O)=C(C(N)=O)C(=O)[C@@H](N(C)C)C3CC1C2)C(=O)OCc1oc(=O)oc1C. The highest BCUT2D eigenvalue weighted by molar-refractivity contribution is 6.24. The molecule has 1 aromatic carbocycles. The van der Waals surface area contributed by atoms with Gasteiger partial charge in [0.25, 0.3) is 5.91 Å². The van der Waals surface area contributed by atoms with Gasteiger partial charge in [-0.2, -0.15) is 0 Å². The van der Waals surface area contributed by atoms with Gasteiger partial charge in [-0.25, -0.2) is 9.59 Å². The van der Waals surface area contributed by atoms with Crippen LogP contribution in [0.15, 0.2) is 36.6 Å². The average molecular weight is 742 g/mol. The van der Waals surface area contributed by atoms with E-state index in [9.17, 15) is 49.2 Å². The first-order chi connectivity index (χ1) is 24.8. The van der Waals surface area contributed by atoms with Crippen molar-refractivity contribution < 1.29 is 58.0 Å². The molecule has 18 nitrogen and oxygen atoms in total. The molecular formula is C35H43N5O13. The summed E-state index contributed by atoms with van der Waals surface area (Å²) in [5, 5.41) is 48.8. The number of aryl methyl sites for hydroxylation is 1. The van der Waals surface area contributed by atoms with E-state index in [2.05, 4.69) is 5.32 Å². The second kappa shape index (κ2) is 14.4. The van der Waals surface area contributed by atoms with Crippen LogP contribution in [0.1, 0.15) is 48.8 Å². The number of ketones is 2. The summed E-state index contributed by atoms with van der Waals surface area (Å²) in [6, 6.07) is 0.237. The Morgan fingerprint density at radius 1 is 1.09 bits per heavy atom. The van der Waals surface area contributed by atoms with E-state index < -0.39 is 94.8 Å². The molecule has 0 bridgehead atoms. The van der Waals surface area contributed by atoms with Crippen molar-refractivity contribution in [1.82, 2.24) is 9.80 Å². The number of phenolic OH excluding ortho intramolecular Hbond substituents is 1. The van der Waals surface area contributed by atoms with E-state index in [4.69, 9.17) is 19.3 Å². The van der Waals surface area contributed by atoms with Gasteiger partial charge in [-0.15, -0.1) is 0 Å². The fourth-order valence-corrected chi connectivity index (χ4v) is 7.46. The number of benzene rings is 1. The highest BCUT2D eigenvalue weighted by Gasteiger charge is 2.64. The number of ether oxygens (including phenoxy) is 1. The molecule has 1 aromatic heterocycles. The molecule has 7 N–H and O–H groups in total. The Labute approximate surface area is 303 Å². The van der Waals surface area contributed by atoms with Crippen molar-refractivity contribution >= 4 is 46.6 Å². The van der Waals surface area contributed by atoms with Crippen LogP contribution in [-0.4, -0.2) is 113 Å². The quantitative estimate of drug-likeness (QED) is 0.140. The van der Waals surface area contributed by atoms with E-state index in [1.807, 2.05) is 6.92 Å². The topological polar surface area (TPSA) is 267 Å². The van der Waals surface area contributed by atoms with Crippen molar-refractivity contribution in [2.45, 2.75) is 57.8 Å². The molecule has 4 atom stereocenters. The van der Waals surface area contributed by atoms with E-state index in [1.165, 1.54) is 32.0 Å². The van der Waals surface area contributed by atoms with Crippen LogP contribution in [0.3, 0.4) is 0 Å². The van der Waals surface area contributed by atoms with E-state index in [0.717, 1.165) is 4.90 Å². The average Bonchev–Trinajstić information content (AvgIpc) is 3.40. The second-order valence-corrected chi connectivity index (χ2v) is 13.8. The van der Waals surface area contributed by atoms with Gasteiger partial charge in [0, 0.05) is 37.8 Å². The molecule has 3 amide bonds. The minimum absolute atomic E-state index is 0.00253. The van der Waals surface area contributed by atoms with Crippen molar-refractivity contribution in [2.75, 3.05) is 51.5 Å². The smallest absolute Gasteiger partial charge is 0.508 e. The molecule has 53 heavy (non-hydrogen) atoms. The number of rotatable bonds is 11. The summed E-state index contributed by atoms with van der Waals surface area (Å²) in [4.78, 5) is 81.8. The Morgan fingerprint density at radius 2 is 1.77 bits per heavy atom. The van der Waals surface area contributed by atoms with Crippen molar-refractivity contribution in [3.8, 4) is 5.75 Å². The molecule has 3 aliphatic carbocycles. The number of fused-ring (bicyclic) bond motifs is 3. The summed E-state index contributed by atoms with van der Waals surface area (Å²) in [5.41, 5.74) is 1.74. The third-order valence-corrected chi connectivity index (χ3v) is 9.99. The fraction of sp³-hybridized carbons (Fsp3) is 0.486. The lowest BCUT2D eigenvalue weighted by molar-refractivity contribution is -0.153. The molecule has 0 spiro atoms. The number of likely N-dealkylation sites (N-methyl/N-ethyl adjacent to an activating group) is 1.